The van der Waals surface area contributed by atoms with Crippen molar-refractivity contribution in [2.75, 3.05) is 16.2 Å². The van der Waals surface area contributed by atoms with Gasteiger partial charge < -0.3 is 5.32 Å². The second-order valence-corrected chi connectivity index (χ2v) is 8.53. The molecule has 0 aliphatic carbocycles. The predicted octanol–water partition coefficient (Wildman–Crippen LogP) is 4.09. The third-order valence-electron chi connectivity index (χ3n) is 4.66. The van der Waals surface area contributed by atoms with Gasteiger partial charge in [-0.15, -0.1) is 0 Å². The number of hydrogen-bond donors (Lipinski definition) is 1. The number of aryl methyl sites for hydroxylation is 1. The van der Waals surface area contributed by atoms with Crippen molar-refractivity contribution in [2.24, 2.45) is 0 Å². The zero-order valence-corrected chi connectivity index (χ0v) is 16.1. The molecule has 0 unspecified atom stereocenters. The van der Waals surface area contributed by atoms with E-state index in [2.05, 4.69) is 5.32 Å². The Kier molecular flexibility index (Phi) is 4.58. The van der Waals surface area contributed by atoms with Crippen molar-refractivity contribution < 1.29 is 22.0 Å². The van der Waals surface area contributed by atoms with Crippen LogP contribution in [0, 0.1) is 18.6 Å². The molecule has 3 aromatic carbocycles. The van der Waals surface area contributed by atoms with E-state index in [4.69, 9.17) is 0 Å². The van der Waals surface area contributed by atoms with Gasteiger partial charge in [-0.25, -0.2) is 17.2 Å². The molecule has 0 fully saturated rings. The zero-order chi connectivity index (χ0) is 20.8. The van der Waals surface area contributed by atoms with Gasteiger partial charge in [0.05, 0.1) is 16.3 Å². The van der Waals surface area contributed by atoms with Crippen LogP contribution >= 0.6 is 0 Å². The van der Waals surface area contributed by atoms with Crippen molar-refractivity contribution in [3.05, 3.63) is 77.9 Å². The lowest BCUT2D eigenvalue weighted by molar-refractivity contribution is -0.114. The van der Waals surface area contributed by atoms with Crippen LogP contribution in [0.3, 0.4) is 0 Å². The van der Waals surface area contributed by atoms with Crippen LogP contribution in [-0.4, -0.2) is 20.9 Å². The molecule has 1 N–H and O–H groups in total. The Morgan fingerprint density at radius 2 is 1.76 bits per heavy atom. The number of carbonyl (C=O) groups excluding carboxylic acids is 1. The van der Waals surface area contributed by atoms with E-state index in [0.29, 0.717) is 22.9 Å². The van der Waals surface area contributed by atoms with Gasteiger partial charge in [0.15, 0.2) is 0 Å². The minimum atomic E-state index is -3.99. The highest BCUT2D eigenvalue weighted by Crippen LogP contribution is 2.43. The fourth-order valence-electron chi connectivity index (χ4n) is 3.33. The van der Waals surface area contributed by atoms with Gasteiger partial charge in [0, 0.05) is 17.2 Å². The number of rotatable bonds is 3. The molecule has 4 rings (SSSR count). The summed E-state index contributed by atoms with van der Waals surface area (Å²) in [4.78, 5) is 12.6. The molecule has 0 atom stereocenters. The van der Waals surface area contributed by atoms with Crippen LogP contribution in [0.25, 0.3) is 11.1 Å². The number of halogens is 2. The van der Waals surface area contributed by atoms with Gasteiger partial charge >= 0.3 is 0 Å². The van der Waals surface area contributed by atoms with Crippen molar-refractivity contribution in [1.82, 2.24) is 0 Å². The number of nitrogens with one attached hydrogen (secondary N) is 1. The summed E-state index contributed by atoms with van der Waals surface area (Å²) in [5, 5.41) is 2.30. The molecule has 29 heavy (non-hydrogen) atoms. The quantitative estimate of drug-likeness (QED) is 0.702. The Bertz CT molecular complexity index is 1240. The molecule has 1 aliphatic rings. The van der Waals surface area contributed by atoms with Gasteiger partial charge in [-0.3, -0.25) is 9.10 Å². The number of nitrogens with zero attached hydrogens (tertiary/aromatic N) is 1. The van der Waals surface area contributed by atoms with Crippen LogP contribution in [0.15, 0.2) is 65.6 Å². The maximum absolute atomic E-state index is 13.8. The number of carbonyl (C=O) groups is 1. The van der Waals surface area contributed by atoms with E-state index in [1.54, 1.807) is 30.3 Å². The largest absolute Gasteiger partial charge is 0.322 e. The SMILES string of the molecule is Cc1ccc2c(c1)-c1ccccc1S(=O)(=O)N2CC(=O)Nc1ccc(F)cc1F. The monoisotopic (exact) mass is 414 g/mol. The highest BCUT2D eigenvalue weighted by Gasteiger charge is 2.35. The van der Waals surface area contributed by atoms with Gasteiger partial charge in [-0.1, -0.05) is 29.8 Å². The lowest BCUT2D eigenvalue weighted by Gasteiger charge is -2.31. The van der Waals surface area contributed by atoms with Gasteiger partial charge in [-0.2, -0.15) is 0 Å². The number of fused-ring (bicyclic) bond motifs is 3. The second-order valence-electron chi connectivity index (χ2n) is 6.70. The molecule has 148 valence electrons. The summed E-state index contributed by atoms with van der Waals surface area (Å²) >= 11 is 0. The first-order chi connectivity index (χ1) is 13.8. The summed E-state index contributed by atoms with van der Waals surface area (Å²) in [6.45, 7) is 1.34. The fraction of sp³-hybridized carbons (Fsp3) is 0.0952. The lowest BCUT2D eigenvalue weighted by atomic mass is 10.0. The summed E-state index contributed by atoms with van der Waals surface area (Å²) < 4.78 is 54.2. The number of benzene rings is 3. The predicted molar refractivity (Wildman–Crippen MR) is 106 cm³/mol. The van der Waals surface area contributed by atoms with Crippen molar-refractivity contribution in [3.8, 4) is 11.1 Å². The van der Waals surface area contributed by atoms with Crippen molar-refractivity contribution in [2.45, 2.75) is 11.8 Å². The third-order valence-corrected chi connectivity index (χ3v) is 6.48. The van der Waals surface area contributed by atoms with Crippen LogP contribution < -0.4 is 9.62 Å². The van der Waals surface area contributed by atoms with Crippen LogP contribution in [0.2, 0.25) is 0 Å². The Morgan fingerprint density at radius 1 is 1.00 bits per heavy atom. The van der Waals surface area contributed by atoms with Crippen molar-refractivity contribution in [3.63, 3.8) is 0 Å². The van der Waals surface area contributed by atoms with Crippen LogP contribution in [-0.2, 0) is 14.8 Å². The molecule has 0 spiro atoms. The molecule has 1 heterocycles. The molecular weight excluding hydrogens is 398 g/mol. The molecule has 0 saturated heterocycles. The van der Waals surface area contributed by atoms with E-state index in [9.17, 15) is 22.0 Å². The topological polar surface area (TPSA) is 66.5 Å². The van der Waals surface area contributed by atoms with Gasteiger partial charge in [0.1, 0.15) is 18.2 Å². The Morgan fingerprint density at radius 3 is 2.52 bits per heavy atom. The smallest absolute Gasteiger partial charge is 0.265 e. The second kappa shape index (κ2) is 6.97. The molecule has 0 bridgehead atoms. The molecule has 1 aliphatic heterocycles. The molecule has 3 aromatic rings. The molecular formula is C21H16F2N2O3S. The maximum Gasteiger partial charge on any atom is 0.265 e. The minimum absolute atomic E-state index is 0.0962. The van der Waals surface area contributed by atoms with Crippen molar-refractivity contribution >= 4 is 27.3 Å². The summed E-state index contributed by atoms with van der Waals surface area (Å²) in [5.74, 6) is -2.47. The minimum Gasteiger partial charge on any atom is -0.322 e. The fourth-order valence-corrected chi connectivity index (χ4v) is 4.98. The Labute approximate surface area is 166 Å². The summed E-state index contributed by atoms with van der Waals surface area (Å²) in [5.41, 5.74) is 2.33. The van der Waals surface area contributed by atoms with Crippen molar-refractivity contribution in [1.29, 1.82) is 0 Å². The van der Waals surface area contributed by atoms with E-state index < -0.39 is 34.1 Å². The molecule has 8 heteroatoms. The maximum atomic E-state index is 13.8. The Balaban J connectivity index is 1.73. The van der Waals surface area contributed by atoms with E-state index in [-0.39, 0.29) is 10.6 Å². The molecule has 5 nitrogen and oxygen atoms in total. The first kappa shape index (κ1) is 19.1. The average molecular weight is 414 g/mol. The van der Waals surface area contributed by atoms with E-state index in [1.165, 1.54) is 6.07 Å². The van der Waals surface area contributed by atoms with Crippen LogP contribution in [0.4, 0.5) is 20.2 Å². The summed E-state index contributed by atoms with van der Waals surface area (Å²) in [6, 6.07) is 14.6. The third kappa shape index (κ3) is 3.36. The van der Waals surface area contributed by atoms with Gasteiger partial charge in [0.25, 0.3) is 10.0 Å². The Hall–Kier alpha value is -3.26. The molecule has 0 radical (unpaired) electrons. The number of sulfonamides is 1. The van der Waals surface area contributed by atoms with Gasteiger partial charge in [-0.05, 0) is 37.3 Å². The van der Waals surface area contributed by atoms with E-state index in [1.807, 2.05) is 13.0 Å². The highest BCUT2D eigenvalue weighted by molar-refractivity contribution is 7.93. The van der Waals surface area contributed by atoms with Gasteiger partial charge in [0.2, 0.25) is 5.91 Å². The summed E-state index contributed by atoms with van der Waals surface area (Å²) in [6.07, 6.45) is 0. The molecule has 1 amide bonds. The number of hydrogen-bond acceptors (Lipinski definition) is 3. The average Bonchev–Trinajstić information content (AvgIpc) is 2.68. The van der Waals surface area contributed by atoms with E-state index >= 15 is 0 Å². The zero-order valence-electron chi connectivity index (χ0n) is 15.3. The highest BCUT2D eigenvalue weighted by atomic mass is 32.2. The van der Waals surface area contributed by atoms with Crippen LogP contribution in [0.1, 0.15) is 5.56 Å². The standard InChI is InChI=1S/C21H16F2N2O3S/c1-13-6-9-19-16(10-13)15-4-2-3-5-20(15)29(27,28)25(19)12-21(26)24-18-8-7-14(22)11-17(18)23/h2-11H,12H2,1H3,(H,24,26). The van der Waals surface area contributed by atoms with E-state index in [0.717, 1.165) is 22.0 Å². The lowest BCUT2D eigenvalue weighted by Crippen LogP contribution is -2.40. The normalized spacial score (nSPS) is 14.1. The number of anilines is 2. The molecule has 0 saturated carbocycles. The molecule has 0 aromatic heterocycles. The number of amides is 1. The van der Waals surface area contributed by atoms with Crippen LogP contribution in [0.5, 0.6) is 0 Å². The first-order valence-electron chi connectivity index (χ1n) is 8.75. The summed E-state index contributed by atoms with van der Waals surface area (Å²) in [7, 11) is -3.99. The first-order valence-corrected chi connectivity index (χ1v) is 10.2.